The highest BCUT2D eigenvalue weighted by Gasteiger charge is 2.18. The Bertz CT molecular complexity index is 896. The summed E-state index contributed by atoms with van der Waals surface area (Å²) in [6, 6.07) is 9.96. The molecule has 1 atom stereocenters. The van der Waals surface area contributed by atoms with Crippen LogP contribution in [0.15, 0.2) is 35.3 Å². The van der Waals surface area contributed by atoms with Crippen LogP contribution in [0, 0.1) is 6.92 Å². The smallest absolute Gasteiger partial charge is 0.136 e. The largest absolute Gasteiger partial charge is 0.369 e. The molecule has 0 saturated heterocycles. The number of nitrogens with zero attached hydrogens (tertiary/aromatic N) is 2. The molecule has 0 bridgehead atoms. The molecule has 1 aromatic heterocycles. The van der Waals surface area contributed by atoms with E-state index in [1.807, 2.05) is 12.3 Å². The van der Waals surface area contributed by atoms with Crippen molar-refractivity contribution >= 4 is 28.6 Å². The fraction of sp³-hybridized carbons (Fsp3) is 0.500. The lowest BCUT2D eigenvalue weighted by Gasteiger charge is -2.23. The number of rotatable bonds is 8. The molecule has 0 spiro atoms. The second-order valence-corrected chi connectivity index (χ2v) is 8.30. The van der Waals surface area contributed by atoms with Crippen LogP contribution in [0.5, 0.6) is 0 Å². The van der Waals surface area contributed by atoms with Crippen LogP contribution in [-0.4, -0.2) is 36.5 Å². The second kappa shape index (κ2) is 9.40. The van der Waals surface area contributed by atoms with Crippen LogP contribution < -0.4 is 16.0 Å². The summed E-state index contributed by atoms with van der Waals surface area (Å²) in [7, 11) is 0. The molecule has 1 saturated carbocycles. The van der Waals surface area contributed by atoms with Gasteiger partial charge in [-0.05, 0) is 56.9 Å². The topological polar surface area (TPSA) is 61.3 Å². The van der Waals surface area contributed by atoms with Crippen LogP contribution >= 0.6 is 0 Å². The van der Waals surface area contributed by atoms with Crippen molar-refractivity contribution in [1.29, 1.82) is 0 Å². The molecule has 1 unspecified atom stereocenters. The van der Waals surface area contributed by atoms with Crippen LogP contribution in [0.25, 0.3) is 16.6 Å². The molecule has 154 valence electrons. The normalized spacial score (nSPS) is 17.9. The van der Waals surface area contributed by atoms with Crippen LogP contribution in [0.3, 0.4) is 0 Å². The zero-order valence-corrected chi connectivity index (χ0v) is 17.7. The van der Waals surface area contributed by atoms with E-state index in [-0.39, 0.29) is 0 Å². The average Bonchev–Trinajstić information content (AvgIpc) is 3.26. The number of aryl methyl sites for hydroxylation is 1. The van der Waals surface area contributed by atoms with Gasteiger partial charge >= 0.3 is 0 Å². The zero-order valence-electron chi connectivity index (χ0n) is 17.7. The van der Waals surface area contributed by atoms with Crippen molar-refractivity contribution in [2.45, 2.75) is 64.5 Å². The Hall–Kier alpha value is -2.40. The van der Waals surface area contributed by atoms with Gasteiger partial charge in [0.1, 0.15) is 12.5 Å². The highest BCUT2D eigenvalue weighted by molar-refractivity contribution is 5.92. The number of nitrogens with one attached hydrogen (secondary N) is 3. The highest BCUT2D eigenvalue weighted by Crippen LogP contribution is 2.27. The molecule has 0 radical (unpaired) electrons. The summed E-state index contributed by atoms with van der Waals surface area (Å²) < 4.78 is 0. The number of allylic oxidation sites excluding steroid dienone is 1. The van der Waals surface area contributed by atoms with Gasteiger partial charge in [-0.25, -0.2) is 4.98 Å². The first-order valence-electron chi connectivity index (χ1n) is 11.1. The molecule has 2 heterocycles. The summed E-state index contributed by atoms with van der Waals surface area (Å²) in [5.74, 6) is 0.950. The summed E-state index contributed by atoms with van der Waals surface area (Å²) in [4.78, 5) is 9.20. The lowest BCUT2D eigenvalue weighted by atomic mass is 10.1. The van der Waals surface area contributed by atoms with E-state index in [1.54, 1.807) is 0 Å². The number of anilines is 1. The third kappa shape index (κ3) is 4.96. The Morgan fingerprint density at radius 2 is 2.07 bits per heavy atom. The minimum atomic E-state index is 0.566. The summed E-state index contributed by atoms with van der Waals surface area (Å²) in [6.07, 6.45) is 11.6. The fourth-order valence-corrected chi connectivity index (χ4v) is 4.39. The predicted octanol–water partition coefficient (Wildman–Crippen LogP) is 4.63. The van der Waals surface area contributed by atoms with Crippen LogP contribution in [0.2, 0.25) is 0 Å². The molecule has 4 rings (SSSR count). The standard InChI is InChI=1S/C24H33N5/c1-3-19(28-20-6-4-5-7-20)10-13-26-24-21(23-11-12-25-16-27-23)15-18-14-17(2)8-9-22(18)29-24/h8-9,11-12,14-15,19-20,27-28H,3-7,10,13,16H2,1-2H3,(H,26,29). The molecule has 3 N–H and O–H groups in total. The highest BCUT2D eigenvalue weighted by atomic mass is 15.0. The van der Waals surface area contributed by atoms with Gasteiger partial charge in [-0.2, -0.15) is 0 Å². The van der Waals surface area contributed by atoms with Crippen molar-refractivity contribution in [3.05, 3.63) is 41.5 Å². The van der Waals surface area contributed by atoms with E-state index in [1.165, 1.54) is 43.1 Å². The molecule has 29 heavy (non-hydrogen) atoms. The molecule has 5 heteroatoms. The number of hydrogen-bond acceptors (Lipinski definition) is 5. The lowest BCUT2D eigenvalue weighted by molar-refractivity contribution is 0.407. The first kappa shape index (κ1) is 19.9. The minimum Gasteiger partial charge on any atom is -0.369 e. The number of aliphatic imine (C=N–C) groups is 1. The van der Waals surface area contributed by atoms with Crippen molar-refractivity contribution < 1.29 is 0 Å². The Morgan fingerprint density at radius 1 is 1.21 bits per heavy atom. The van der Waals surface area contributed by atoms with Gasteiger partial charge < -0.3 is 16.0 Å². The Labute approximate surface area is 174 Å². The molecule has 2 aliphatic rings. The molecule has 1 aromatic carbocycles. The molecular formula is C24H33N5. The van der Waals surface area contributed by atoms with Crippen LogP contribution in [0.1, 0.15) is 56.6 Å². The molecule has 1 fully saturated rings. The van der Waals surface area contributed by atoms with Gasteiger partial charge in [0.2, 0.25) is 0 Å². The summed E-state index contributed by atoms with van der Waals surface area (Å²) in [6.45, 7) is 5.93. The fourth-order valence-electron chi connectivity index (χ4n) is 4.39. The summed E-state index contributed by atoms with van der Waals surface area (Å²) >= 11 is 0. The van der Waals surface area contributed by atoms with Gasteiger partial charge in [-0.3, -0.25) is 4.99 Å². The van der Waals surface area contributed by atoms with Crippen molar-refractivity contribution in [2.24, 2.45) is 4.99 Å². The number of pyridine rings is 1. The van der Waals surface area contributed by atoms with Crippen molar-refractivity contribution in [3.8, 4) is 0 Å². The first-order valence-corrected chi connectivity index (χ1v) is 11.1. The molecule has 1 aliphatic carbocycles. The van der Waals surface area contributed by atoms with E-state index in [0.29, 0.717) is 18.8 Å². The van der Waals surface area contributed by atoms with E-state index in [9.17, 15) is 0 Å². The van der Waals surface area contributed by atoms with Gasteiger partial charge in [0.05, 0.1) is 5.52 Å². The molecule has 1 aliphatic heterocycles. The second-order valence-electron chi connectivity index (χ2n) is 8.30. The van der Waals surface area contributed by atoms with Gasteiger partial charge in [-0.1, -0.05) is 31.4 Å². The van der Waals surface area contributed by atoms with E-state index in [4.69, 9.17) is 4.98 Å². The van der Waals surface area contributed by atoms with Gasteiger partial charge in [0.25, 0.3) is 0 Å². The average molecular weight is 392 g/mol. The molecular weight excluding hydrogens is 358 g/mol. The van der Waals surface area contributed by atoms with E-state index < -0.39 is 0 Å². The number of aromatic nitrogens is 1. The zero-order chi connectivity index (χ0) is 20.1. The Balaban J connectivity index is 1.51. The maximum absolute atomic E-state index is 4.96. The van der Waals surface area contributed by atoms with Crippen LogP contribution in [-0.2, 0) is 0 Å². The number of benzene rings is 1. The maximum Gasteiger partial charge on any atom is 0.136 e. The first-order chi connectivity index (χ1) is 14.2. The quantitative estimate of drug-likeness (QED) is 0.614. The van der Waals surface area contributed by atoms with Gasteiger partial charge in [0, 0.05) is 41.5 Å². The SMILES string of the molecule is CCC(CCNc1nc2ccc(C)cc2cc1C1=CC=NCN1)NC1CCCC1. The summed E-state index contributed by atoms with van der Waals surface area (Å²) in [5, 5.41) is 12.1. The number of fused-ring (bicyclic) bond motifs is 1. The predicted molar refractivity (Wildman–Crippen MR) is 124 cm³/mol. The molecule has 5 nitrogen and oxygen atoms in total. The monoisotopic (exact) mass is 391 g/mol. The van der Waals surface area contributed by atoms with E-state index in [0.717, 1.165) is 35.6 Å². The van der Waals surface area contributed by atoms with Crippen molar-refractivity contribution in [2.75, 3.05) is 18.5 Å². The molecule has 0 amide bonds. The van der Waals surface area contributed by atoms with Crippen LogP contribution in [0.4, 0.5) is 5.82 Å². The minimum absolute atomic E-state index is 0.566. The third-order valence-corrected chi connectivity index (χ3v) is 6.07. The lowest BCUT2D eigenvalue weighted by Crippen LogP contribution is -2.37. The van der Waals surface area contributed by atoms with E-state index in [2.05, 4.69) is 59.1 Å². The van der Waals surface area contributed by atoms with E-state index >= 15 is 0 Å². The van der Waals surface area contributed by atoms with Gasteiger partial charge in [-0.15, -0.1) is 0 Å². The number of hydrogen-bond donors (Lipinski definition) is 3. The summed E-state index contributed by atoms with van der Waals surface area (Å²) in [5.41, 5.74) is 4.48. The van der Waals surface area contributed by atoms with Crippen molar-refractivity contribution in [1.82, 2.24) is 15.6 Å². The third-order valence-electron chi connectivity index (χ3n) is 6.07. The molecule has 2 aromatic rings. The Kier molecular flexibility index (Phi) is 6.45. The van der Waals surface area contributed by atoms with Crippen molar-refractivity contribution in [3.63, 3.8) is 0 Å². The Morgan fingerprint density at radius 3 is 2.83 bits per heavy atom. The van der Waals surface area contributed by atoms with Gasteiger partial charge in [0.15, 0.2) is 0 Å². The maximum atomic E-state index is 4.96.